The van der Waals surface area contributed by atoms with Gasteiger partial charge in [-0.15, -0.1) is 0 Å². The van der Waals surface area contributed by atoms with Gasteiger partial charge >= 0.3 is 0 Å². The highest BCUT2D eigenvalue weighted by Gasteiger charge is 2.20. The highest BCUT2D eigenvalue weighted by Crippen LogP contribution is 2.37. The van der Waals surface area contributed by atoms with Gasteiger partial charge in [0, 0.05) is 17.3 Å². The van der Waals surface area contributed by atoms with E-state index in [1.165, 1.54) is 24.6 Å². The number of nitrogens with zero attached hydrogens (tertiary/aromatic N) is 4. The van der Waals surface area contributed by atoms with Crippen LogP contribution in [0.3, 0.4) is 0 Å². The molecule has 7 nitrogen and oxygen atoms in total. The third-order valence-electron chi connectivity index (χ3n) is 4.58. The minimum atomic E-state index is 0.0695. The summed E-state index contributed by atoms with van der Waals surface area (Å²) in [7, 11) is 1.49. The number of anilines is 1. The predicted molar refractivity (Wildman–Crippen MR) is 138 cm³/mol. The SMILES string of the molecule is C=C/C=C(/Oc1c(Cl)nc(-c2ncccn2)nc1NSc1ccc(C(C)(C)C)cc1)C(=C)OC. The molecule has 0 amide bonds. The Bertz CT molecular complexity index is 1190. The fraction of sp³-hybridized carbons (Fsp3) is 0.200. The molecule has 34 heavy (non-hydrogen) atoms. The third-order valence-corrected chi connectivity index (χ3v) is 5.64. The highest BCUT2D eigenvalue weighted by molar-refractivity contribution is 8.00. The summed E-state index contributed by atoms with van der Waals surface area (Å²) in [5.41, 5.74) is 1.31. The molecule has 0 saturated carbocycles. The molecular weight excluding hydrogens is 470 g/mol. The molecule has 3 rings (SSSR count). The maximum atomic E-state index is 6.52. The Morgan fingerprint density at radius 1 is 1.09 bits per heavy atom. The minimum absolute atomic E-state index is 0.0695. The van der Waals surface area contributed by atoms with Crippen LogP contribution in [0.1, 0.15) is 26.3 Å². The lowest BCUT2D eigenvalue weighted by molar-refractivity contribution is 0.264. The van der Waals surface area contributed by atoms with E-state index in [2.05, 4.69) is 70.7 Å². The van der Waals surface area contributed by atoms with Gasteiger partial charge in [0.15, 0.2) is 28.3 Å². The van der Waals surface area contributed by atoms with Crippen molar-refractivity contribution >= 4 is 29.4 Å². The zero-order valence-corrected chi connectivity index (χ0v) is 21.1. The standard InChI is InChI=1S/C25H26ClN5O2S/c1-7-9-19(16(2)32-6)33-20-21(26)29-24(23-27-14-8-15-28-23)30-22(20)31-34-18-12-10-17(11-13-18)25(3,4)5/h7-15H,1-2H2,3-6H3,(H,29,30,31)/b19-9+. The van der Waals surface area contributed by atoms with Crippen LogP contribution in [-0.2, 0) is 10.2 Å². The van der Waals surface area contributed by atoms with Gasteiger partial charge in [-0.3, -0.25) is 0 Å². The molecule has 0 atom stereocenters. The summed E-state index contributed by atoms with van der Waals surface area (Å²) >= 11 is 7.89. The first kappa shape index (κ1) is 25.3. The smallest absolute Gasteiger partial charge is 0.208 e. The molecule has 0 aliphatic heterocycles. The van der Waals surface area contributed by atoms with E-state index in [0.717, 1.165) is 4.90 Å². The van der Waals surface area contributed by atoms with E-state index in [-0.39, 0.29) is 22.1 Å². The third kappa shape index (κ3) is 6.36. The number of rotatable bonds is 9. The van der Waals surface area contributed by atoms with E-state index in [1.54, 1.807) is 30.6 Å². The van der Waals surface area contributed by atoms with Gasteiger partial charge in [-0.25, -0.2) is 19.9 Å². The van der Waals surface area contributed by atoms with Crippen LogP contribution in [-0.4, -0.2) is 27.0 Å². The zero-order valence-electron chi connectivity index (χ0n) is 19.5. The molecule has 0 radical (unpaired) electrons. The van der Waals surface area contributed by atoms with Crippen LogP contribution in [0.2, 0.25) is 5.15 Å². The van der Waals surface area contributed by atoms with Crippen molar-refractivity contribution in [3.8, 4) is 17.4 Å². The first-order valence-corrected chi connectivity index (χ1v) is 11.5. The fourth-order valence-corrected chi connectivity index (χ4v) is 3.56. The molecule has 3 aromatic rings. The van der Waals surface area contributed by atoms with Crippen LogP contribution in [0.4, 0.5) is 5.82 Å². The van der Waals surface area contributed by atoms with Gasteiger partial charge in [0.2, 0.25) is 11.6 Å². The van der Waals surface area contributed by atoms with Gasteiger partial charge in [-0.05, 0) is 47.2 Å². The Balaban J connectivity index is 1.97. The highest BCUT2D eigenvalue weighted by atomic mass is 35.5. The first-order chi connectivity index (χ1) is 16.2. The van der Waals surface area contributed by atoms with Crippen molar-refractivity contribution in [2.45, 2.75) is 31.1 Å². The lowest BCUT2D eigenvalue weighted by Gasteiger charge is -2.19. The molecule has 1 N–H and O–H groups in total. The van der Waals surface area contributed by atoms with Crippen molar-refractivity contribution in [3.63, 3.8) is 0 Å². The summed E-state index contributed by atoms with van der Waals surface area (Å²) < 4.78 is 14.4. The van der Waals surface area contributed by atoms with Gasteiger partial charge < -0.3 is 14.2 Å². The Hall–Kier alpha value is -3.36. The summed E-state index contributed by atoms with van der Waals surface area (Å²) in [6.07, 6.45) is 6.38. The number of allylic oxidation sites excluding steroid dienone is 2. The van der Waals surface area contributed by atoms with Gasteiger partial charge in [-0.1, -0.05) is 63.7 Å². The van der Waals surface area contributed by atoms with Crippen LogP contribution in [0.25, 0.3) is 11.6 Å². The number of ether oxygens (including phenoxy) is 2. The molecule has 0 aliphatic carbocycles. The first-order valence-electron chi connectivity index (χ1n) is 10.3. The minimum Gasteiger partial charge on any atom is -0.493 e. The average Bonchev–Trinajstić information content (AvgIpc) is 2.83. The second-order valence-electron chi connectivity index (χ2n) is 8.06. The molecule has 9 heteroatoms. The lowest BCUT2D eigenvalue weighted by Crippen LogP contribution is -2.10. The van der Waals surface area contributed by atoms with Crippen LogP contribution < -0.4 is 9.46 Å². The van der Waals surface area contributed by atoms with Crippen LogP contribution in [0.15, 0.2) is 84.4 Å². The van der Waals surface area contributed by atoms with Gasteiger partial charge in [0.1, 0.15) is 0 Å². The molecule has 176 valence electrons. The Kier molecular flexibility index (Phi) is 8.31. The van der Waals surface area contributed by atoms with E-state index >= 15 is 0 Å². The van der Waals surface area contributed by atoms with Crippen molar-refractivity contribution in [1.29, 1.82) is 0 Å². The molecule has 0 saturated heterocycles. The molecule has 2 aromatic heterocycles. The number of methoxy groups -OCH3 is 1. The normalized spacial score (nSPS) is 11.6. The second kappa shape index (κ2) is 11.2. The molecular formula is C25H26ClN5O2S. The van der Waals surface area contributed by atoms with Crippen LogP contribution >= 0.6 is 23.5 Å². The van der Waals surface area contributed by atoms with E-state index in [1.807, 2.05) is 12.1 Å². The molecule has 0 fully saturated rings. The van der Waals surface area contributed by atoms with E-state index < -0.39 is 0 Å². The Morgan fingerprint density at radius 3 is 2.35 bits per heavy atom. The van der Waals surface area contributed by atoms with Crippen molar-refractivity contribution in [1.82, 2.24) is 19.9 Å². The van der Waals surface area contributed by atoms with E-state index in [9.17, 15) is 0 Å². The summed E-state index contributed by atoms with van der Waals surface area (Å²) in [6, 6.07) is 10.00. The molecule has 2 heterocycles. The fourth-order valence-electron chi connectivity index (χ4n) is 2.73. The number of nitrogens with one attached hydrogen (secondary N) is 1. The number of benzene rings is 1. The van der Waals surface area contributed by atoms with Gasteiger partial charge in [0.05, 0.1) is 7.11 Å². The van der Waals surface area contributed by atoms with Crippen LogP contribution in [0, 0.1) is 0 Å². The van der Waals surface area contributed by atoms with Crippen LogP contribution in [0.5, 0.6) is 5.75 Å². The second-order valence-corrected chi connectivity index (χ2v) is 9.30. The maximum absolute atomic E-state index is 6.52. The number of aromatic nitrogens is 4. The summed E-state index contributed by atoms with van der Waals surface area (Å²) in [4.78, 5) is 18.3. The molecule has 0 unspecified atom stereocenters. The lowest BCUT2D eigenvalue weighted by atomic mass is 9.87. The zero-order chi connectivity index (χ0) is 24.7. The van der Waals surface area contributed by atoms with E-state index in [4.69, 9.17) is 21.1 Å². The number of hydrogen-bond donors (Lipinski definition) is 1. The molecule has 0 bridgehead atoms. The summed E-state index contributed by atoms with van der Waals surface area (Å²) in [5, 5.41) is 0.0718. The molecule has 1 aromatic carbocycles. The molecule has 0 spiro atoms. The van der Waals surface area contributed by atoms with Crippen molar-refractivity contribution < 1.29 is 9.47 Å². The van der Waals surface area contributed by atoms with Crippen molar-refractivity contribution in [2.24, 2.45) is 0 Å². The maximum Gasteiger partial charge on any atom is 0.208 e. The average molecular weight is 496 g/mol. The number of hydrogen-bond acceptors (Lipinski definition) is 8. The van der Waals surface area contributed by atoms with E-state index in [0.29, 0.717) is 23.2 Å². The Labute approximate surface area is 209 Å². The molecule has 0 aliphatic rings. The quantitative estimate of drug-likeness (QED) is 0.153. The van der Waals surface area contributed by atoms with Gasteiger partial charge in [0.25, 0.3) is 0 Å². The predicted octanol–water partition coefficient (Wildman–Crippen LogP) is 6.61. The van der Waals surface area contributed by atoms with Crippen molar-refractivity contribution in [3.05, 3.63) is 90.3 Å². The number of halogens is 1. The largest absolute Gasteiger partial charge is 0.493 e. The summed E-state index contributed by atoms with van der Waals surface area (Å²) in [6.45, 7) is 14.1. The van der Waals surface area contributed by atoms with Gasteiger partial charge in [-0.2, -0.15) is 0 Å². The summed E-state index contributed by atoms with van der Waals surface area (Å²) in [5.74, 6) is 1.74. The Morgan fingerprint density at radius 2 is 1.76 bits per heavy atom. The monoisotopic (exact) mass is 495 g/mol. The topological polar surface area (TPSA) is 82.1 Å². The van der Waals surface area contributed by atoms with Crippen molar-refractivity contribution in [2.75, 3.05) is 11.8 Å².